The molecule has 0 aliphatic heterocycles. The van der Waals surface area contributed by atoms with Gasteiger partial charge in [-0.1, -0.05) is 32.9 Å². The van der Waals surface area contributed by atoms with Gasteiger partial charge in [-0.25, -0.2) is 8.42 Å². The maximum Gasteiger partial charge on any atom is 0.244 e. The van der Waals surface area contributed by atoms with Crippen LogP contribution in [0.2, 0.25) is 0 Å². The van der Waals surface area contributed by atoms with Gasteiger partial charge in [0.15, 0.2) is 0 Å². The second-order valence-corrected chi connectivity index (χ2v) is 9.90. The average molecular weight is 389 g/mol. The first kappa shape index (κ1) is 19.8. The fourth-order valence-electron chi connectivity index (χ4n) is 2.96. The van der Waals surface area contributed by atoms with Crippen LogP contribution >= 0.6 is 0 Å². The van der Waals surface area contributed by atoms with Gasteiger partial charge in [-0.3, -0.25) is 4.98 Å². The second-order valence-electron chi connectivity index (χ2n) is 8.01. The van der Waals surface area contributed by atoms with Crippen molar-refractivity contribution in [3.05, 3.63) is 54.4 Å². The molecule has 1 saturated carbocycles. The summed E-state index contributed by atoms with van der Waals surface area (Å²) in [5.41, 5.74) is 1.38. The lowest BCUT2D eigenvalue weighted by molar-refractivity contribution is 0.286. The summed E-state index contributed by atoms with van der Waals surface area (Å²) in [4.78, 5) is 4.20. The van der Waals surface area contributed by atoms with Crippen molar-refractivity contribution in [2.45, 2.75) is 56.4 Å². The summed E-state index contributed by atoms with van der Waals surface area (Å²) in [6.07, 6.45) is 5.50. The third-order valence-corrected chi connectivity index (χ3v) is 6.64. The number of aromatic nitrogens is 1. The molecule has 3 rings (SSSR count). The Morgan fingerprint density at radius 2 is 1.85 bits per heavy atom. The van der Waals surface area contributed by atoms with E-state index in [9.17, 15) is 8.42 Å². The third kappa shape index (κ3) is 5.08. The molecule has 0 spiro atoms. The van der Waals surface area contributed by atoms with Crippen molar-refractivity contribution < 1.29 is 13.2 Å². The first-order valence-electron chi connectivity index (χ1n) is 9.44. The maximum absolute atomic E-state index is 12.9. The Balaban J connectivity index is 1.55. The highest BCUT2D eigenvalue weighted by Gasteiger charge is 2.37. The number of nitrogens with zero attached hydrogens (tertiary/aromatic N) is 2. The van der Waals surface area contributed by atoms with E-state index < -0.39 is 10.0 Å². The van der Waals surface area contributed by atoms with Gasteiger partial charge < -0.3 is 4.74 Å². The highest BCUT2D eigenvalue weighted by Crippen LogP contribution is 2.32. The van der Waals surface area contributed by atoms with Gasteiger partial charge in [0.05, 0.1) is 6.61 Å². The van der Waals surface area contributed by atoms with E-state index in [1.165, 1.54) is 11.8 Å². The molecule has 1 heterocycles. The van der Waals surface area contributed by atoms with Crippen LogP contribution in [0.15, 0.2) is 53.7 Å². The van der Waals surface area contributed by atoms with E-state index in [1.807, 2.05) is 12.1 Å². The second kappa shape index (κ2) is 7.98. The molecule has 2 aromatic rings. The van der Waals surface area contributed by atoms with E-state index in [-0.39, 0.29) is 16.4 Å². The molecule has 1 fully saturated rings. The van der Waals surface area contributed by atoms with Gasteiger partial charge >= 0.3 is 0 Å². The zero-order valence-electron chi connectivity index (χ0n) is 16.3. The third-order valence-electron chi connectivity index (χ3n) is 4.71. The van der Waals surface area contributed by atoms with Crippen molar-refractivity contribution in [3.63, 3.8) is 0 Å². The largest absolute Gasteiger partial charge is 0.494 e. The van der Waals surface area contributed by atoms with Crippen LogP contribution < -0.4 is 4.74 Å². The van der Waals surface area contributed by atoms with Gasteiger partial charge in [0, 0.05) is 25.0 Å². The molecule has 0 amide bonds. The number of sulfonamides is 1. The van der Waals surface area contributed by atoms with E-state index in [1.54, 1.807) is 22.6 Å². The Hall–Kier alpha value is -1.92. The first-order valence-corrected chi connectivity index (χ1v) is 10.9. The quantitative estimate of drug-likeness (QED) is 0.641. The topological polar surface area (TPSA) is 59.5 Å². The van der Waals surface area contributed by atoms with Crippen LogP contribution in [0.3, 0.4) is 0 Å². The molecule has 0 bridgehead atoms. The molecule has 0 saturated heterocycles. The molecule has 146 valence electrons. The number of pyridine rings is 1. The molecule has 6 heteroatoms. The Morgan fingerprint density at radius 1 is 1.15 bits per heavy atom. The summed E-state index contributed by atoms with van der Waals surface area (Å²) in [5.74, 6) is 0.816. The van der Waals surface area contributed by atoms with Gasteiger partial charge in [-0.15, -0.1) is 0 Å². The van der Waals surface area contributed by atoms with E-state index in [2.05, 4.69) is 37.9 Å². The van der Waals surface area contributed by atoms with Gasteiger partial charge in [0.1, 0.15) is 10.6 Å². The molecule has 1 aromatic heterocycles. The van der Waals surface area contributed by atoms with Crippen LogP contribution in [0.25, 0.3) is 0 Å². The molecule has 1 aliphatic rings. The van der Waals surface area contributed by atoms with Crippen LogP contribution in [-0.4, -0.2) is 36.9 Å². The predicted octanol–water partition coefficient (Wildman–Crippen LogP) is 4.00. The summed E-state index contributed by atoms with van der Waals surface area (Å²) in [6.45, 7) is 7.48. The molecule has 1 aromatic carbocycles. The lowest BCUT2D eigenvalue weighted by atomic mass is 9.87. The van der Waals surface area contributed by atoms with Crippen molar-refractivity contribution in [3.8, 4) is 5.75 Å². The summed E-state index contributed by atoms with van der Waals surface area (Å²) in [5, 5.41) is 0. The molecule has 0 radical (unpaired) electrons. The SMILES string of the molecule is CC(C)(C)c1ccc(OCCCN(C2CC2)S(=O)(=O)c2cccnc2)cc1. The van der Waals surface area contributed by atoms with Crippen LogP contribution in [-0.2, 0) is 15.4 Å². The predicted molar refractivity (Wildman–Crippen MR) is 106 cm³/mol. The molecule has 0 unspecified atom stereocenters. The Morgan fingerprint density at radius 3 is 2.41 bits per heavy atom. The fraction of sp³-hybridized carbons (Fsp3) is 0.476. The maximum atomic E-state index is 12.9. The number of ether oxygens (including phenoxy) is 1. The Bertz CT molecular complexity index is 839. The standard InChI is InChI=1S/C21H28N2O3S/c1-21(2,3)17-7-11-19(12-8-17)26-15-5-14-23(18-9-10-18)27(24,25)20-6-4-13-22-16-20/h4,6-8,11-13,16,18H,5,9-10,14-15H2,1-3H3. The summed E-state index contributed by atoms with van der Waals surface area (Å²) >= 11 is 0. The van der Waals surface area contributed by atoms with Gasteiger partial charge in [-0.05, 0) is 54.5 Å². The molecular weight excluding hydrogens is 360 g/mol. The minimum absolute atomic E-state index is 0.112. The molecule has 5 nitrogen and oxygen atoms in total. The average Bonchev–Trinajstić information content (AvgIpc) is 3.46. The number of hydrogen-bond donors (Lipinski definition) is 0. The van der Waals surface area contributed by atoms with Crippen molar-refractivity contribution in [1.29, 1.82) is 0 Å². The van der Waals surface area contributed by atoms with Crippen molar-refractivity contribution >= 4 is 10.0 Å². The van der Waals surface area contributed by atoms with Gasteiger partial charge in [0.25, 0.3) is 0 Å². The minimum Gasteiger partial charge on any atom is -0.494 e. The van der Waals surface area contributed by atoms with Crippen molar-refractivity contribution in [1.82, 2.24) is 9.29 Å². The smallest absolute Gasteiger partial charge is 0.244 e. The zero-order chi connectivity index (χ0) is 19.5. The molecule has 0 atom stereocenters. The number of benzene rings is 1. The molecule has 1 aliphatic carbocycles. The van der Waals surface area contributed by atoms with Crippen molar-refractivity contribution in [2.75, 3.05) is 13.2 Å². The molecule has 27 heavy (non-hydrogen) atoms. The highest BCUT2D eigenvalue weighted by atomic mass is 32.2. The van der Waals surface area contributed by atoms with Gasteiger partial charge in [-0.2, -0.15) is 4.31 Å². The monoisotopic (exact) mass is 388 g/mol. The van der Waals surface area contributed by atoms with Crippen LogP contribution in [0, 0.1) is 0 Å². The van der Waals surface area contributed by atoms with E-state index >= 15 is 0 Å². The summed E-state index contributed by atoms with van der Waals surface area (Å²) in [6, 6.07) is 11.5. The van der Waals surface area contributed by atoms with Crippen molar-refractivity contribution in [2.24, 2.45) is 0 Å². The van der Waals surface area contributed by atoms with Gasteiger partial charge in [0.2, 0.25) is 10.0 Å². The Labute approximate surface area is 162 Å². The van der Waals surface area contributed by atoms with Crippen LogP contribution in [0.4, 0.5) is 0 Å². The lowest BCUT2D eigenvalue weighted by Gasteiger charge is -2.22. The van der Waals surface area contributed by atoms with E-state index in [4.69, 9.17) is 4.74 Å². The number of hydrogen-bond acceptors (Lipinski definition) is 4. The Kier molecular flexibility index (Phi) is 5.86. The van der Waals surface area contributed by atoms with E-state index in [0.29, 0.717) is 19.6 Å². The fourth-order valence-corrected chi connectivity index (χ4v) is 4.65. The lowest BCUT2D eigenvalue weighted by Crippen LogP contribution is -2.34. The van der Waals surface area contributed by atoms with Crippen LogP contribution in [0.5, 0.6) is 5.75 Å². The van der Waals surface area contributed by atoms with Crippen LogP contribution in [0.1, 0.15) is 45.6 Å². The molecule has 0 N–H and O–H groups in total. The van der Waals surface area contributed by atoms with E-state index in [0.717, 1.165) is 18.6 Å². The molecular formula is C21H28N2O3S. The summed E-state index contributed by atoms with van der Waals surface area (Å²) < 4.78 is 33.1. The normalized spacial score (nSPS) is 15.1. The highest BCUT2D eigenvalue weighted by molar-refractivity contribution is 7.89. The summed E-state index contributed by atoms with van der Waals surface area (Å²) in [7, 11) is -3.49. The number of rotatable bonds is 8. The minimum atomic E-state index is -3.49. The zero-order valence-corrected chi connectivity index (χ0v) is 17.1. The first-order chi connectivity index (χ1) is 12.8.